The van der Waals surface area contributed by atoms with Crippen molar-refractivity contribution in [2.24, 2.45) is 5.10 Å². The van der Waals surface area contributed by atoms with Crippen molar-refractivity contribution in [3.05, 3.63) is 121 Å². The molecule has 32 heavy (non-hydrogen) atoms. The summed E-state index contributed by atoms with van der Waals surface area (Å²) in [4.78, 5) is 2.27. The molecule has 1 atom stereocenters. The van der Waals surface area contributed by atoms with E-state index in [0.29, 0.717) is 5.25 Å². The number of hydrazone groups is 1. The lowest BCUT2D eigenvalue weighted by Crippen LogP contribution is -2.21. The summed E-state index contributed by atoms with van der Waals surface area (Å²) in [6.07, 6.45) is 1.96. The highest BCUT2D eigenvalue weighted by Gasteiger charge is 2.25. The predicted octanol–water partition coefficient (Wildman–Crippen LogP) is 7.11. The van der Waals surface area contributed by atoms with E-state index in [1.54, 1.807) is 0 Å². The third-order valence-electron chi connectivity index (χ3n) is 5.36. The van der Waals surface area contributed by atoms with Crippen molar-refractivity contribution in [1.29, 1.82) is 0 Å². The van der Waals surface area contributed by atoms with Gasteiger partial charge in [-0.15, -0.1) is 0 Å². The van der Waals surface area contributed by atoms with Crippen LogP contribution in [0.1, 0.15) is 5.56 Å². The summed E-state index contributed by atoms with van der Waals surface area (Å²) in [5, 5.41) is 7.61. The van der Waals surface area contributed by atoms with Crippen molar-refractivity contribution in [1.82, 2.24) is 0 Å². The maximum Gasteiger partial charge on any atom is 0.0594 e. The number of rotatable bonds is 8. The smallest absolute Gasteiger partial charge is 0.0594 e. The minimum Gasteiger partial charge on any atom is -0.311 e. The average molecular weight is 436 g/mol. The molecule has 1 aliphatic heterocycles. The molecule has 0 spiro atoms. The van der Waals surface area contributed by atoms with E-state index in [4.69, 9.17) is 5.10 Å². The maximum absolute atomic E-state index is 4.82. The normalized spacial score (nSPS) is 14.9. The van der Waals surface area contributed by atoms with Crippen molar-refractivity contribution in [2.45, 2.75) is 5.25 Å². The third kappa shape index (κ3) is 5.04. The van der Waals surface area contributed by atoms with Crippen LogP contribution in [0.2, 0.25) is 0 Å². The van der Waals surface area contributed by atoms with Crippen molar-refractivity contribution < 1.29 is 0 Å². The summed E-state index contributed by atoms with van der Waals surface area (Å²) in [6.45, 7) is 0.944. The number of benzene rings is 4. The zero-order valence-electron chi connectivity index (χ0n) is 17.8. The first kappa shape index (κ1) is 20.4. The Kier molecular flexibility index (Phi) is 6.22. The Morgan fingerprint density at radius 3 is 1.62 bits per heavy atom. The second-order valence-corrected chi connectivity index (χ2v) is 9.05. The molecule has 3 nitrogen and oxygen atoms in total. The molecule has 5 rings (SSSR count). The Bertz CT molecular complexity index is 1100. The fourth-order valence-corrected chi connectivity index (χ4v) is 4.12. The molecule has 1 heterocycles. The summed E-state index contributed by atoms with van der Waals surface area (Å²) in [5.41, 5.74) is 5.61. The van der Waals surface area contributed by atoms with E-state index < -0.39 is 0 Å². The Morgan fingerprint density at radius 1 is 0.656 bits per heavy atom. The number of anilines is 4. The molecule has 1 fully saturated rings. The predicted molar refractivity (Wildman–Crippen MR) is 139 cm³/mol. The molecule has 0 aliphatic carbocycles. The van der Waals surface area contributed by atoms with Gasteiger partial charge in [0.25, 0.3) is 0 Å². The second kappa shape index (κ2) is 9.75. The van der Waals surface area contributed by atoms with E-state index in [0.717, 1.165) is 34.9 Å². The molecule has 158 valence electrons. The lowest BCUT2D eigenvalue weighted by Gasteiger charge is -2.25. The van der Waals surface area contributed by atoms with Crippen molar-refractivity contribution >= 4 is 40.7 Å². The molecule has 4 aromatic carbocycles. The van der Waals surface area contributed by atoms with Gasteiger partial charge in [-0.1, -0.05) is 66.7 Å². The van der Waals surface area contributed by atoms with Crippen LogP contribution in [0.3, 0.4) is 0 Å². The average Bonchev–Trinajstić information content (AvgIpc) is 3.69. The van der Waals surface area contributed by atoms with Gasteiger partial charge in [0.15, 0.2) is 0 Å². The monoisotopic (exact) mass is 435 g/mol. The van der Waals surface area contributed by atoms with Crippen LogP contribution in [-0.2, 0) is 0 Å². The molecule has 4 heteroatoms. The number of para-hydroxylation sites is 3. The maximum atomic E-state index is 4.82. The van der Waals surface area contributed by atoms with Crippen LogP contribution in [-0.4, -0.2) is 23.8 Å². The second-order valence-electron chi connectivity index (χ2n) is 7.72. The molecule has 1 saturated heterocycles. The standard InChI is InChI=1S/C28H25N3S/c1-4-10-24(11-5-1)30(21-28-22-32-28)29-20-23-16-18-27(19-17-23)31(25-12-6-2-7-13-25)26-14-8-3-9-15-26/h1-20,28H,21-22H2/b29-20+. The fourth-order valence-electron chi connectivity index (χ4n) is 3.63. The van der Waals surface area contributed by atoms with Crippen LogP contribution in [0.5, 0.6) is 0 Å². The highest BCUT2D eigenvalue weighted by Crippen LogP contribution is 2.34. The zero-order chi connectivity index (χ0) is 21.6. The molecule has 0 saturated carbocycles. The van der Waals surface area contributed by atoms with Gasteiger partial charge in [-0.3, -0.25) is 5.01 Å². The van der Waals surface area contributed by atoms with E-state index in [1.165, 1.54) is 5.75 Å². The largest absolute Gasteiger partial charge is 0.311 e. The topological polar surface area (TPSA) is 18.8 Å². The van der Waals surface area contributed by atoms with E-state index in [1.807, 2.05) is 36.2 Å². The number of thioether (sulfide) groups is 1. The molecular weight excluding hydrogens is 410 g/mol. The Morgan fingerprint density at radius 2 is 1.12 bits per heavy atom. The molecule has 4 aromatic rings. The quantitative estimate of drug-likeness (QED) is 0.167. The van der Waals surface area contributed by atoms with Gasteiger partial charge in [0, 0.05) is 28.1 Å². The number of nitrogens with zero attached hydrogens (tertiary/aromatic N) is 3. The van der Waals surface area contributed by atoms with Gasteiger partial charge in [-0.05, 0) is 54.1 Å². The van der Waals surface area contributed by atoms with Crippen LogP contribution in [0.4, 0.5) is 22.7 Å². The lowest BCUT2D eigenvalue weighted by atomic mass is 10.1. The van der Waals surface area contributed by atoms with Crippen molar-refractivity contribution in [3.63, 3.8) is 0 Å². The van der Waals surface area contributed by atoms with Gasteiger partial charge >= 0.3 is 0 Å². The SMILES string of the molecule is C(=N\N(CC1CS1)c1ccccc1)/c1ccc(N(c2ccccc2)c2ccccc2)cc1. The van der Waals surface area contributed by atoms with Crippen molar-refractivity contribution in [3.8, 4) is 0 Å². The molecule has 0 radical (unpaired) electrons. The van der Waals surface area contributed by atoms with Gasteiger partial charge < -0.3 is 4.90 Å². The molecule has 0 bridgehead atoms. The van der Waals surface area contributed by atoms with Gasteiger partial charge in [-0.25, -0.2) is 0 Å². The molecule has 0 amide bonds. The lowest BCUT2D eigenvalue weighted by molar-refractivity contribution is 0.857. The highest BCUT2D eigenvalue weighted by molar-refractivity contribution is 8.06. The molecule has 0 aromatic heterocycles. The number of hydrogen-bond acceptors (Lipinski definition) is 4. The third-order valence-corrected chi connectivity index (χ3v) is 6.31. The molecule has 1 unspecified atom stereocenters. The van der Waals surface area contributed by atoms with Crippen LogP contribution < -0.4 is 9.91 Å². The van der Waals surface area contributed by atoms with Gasteiger partial charge in [-0.2, -0.15) is 16.9 Å². The van der Waals surface area contributed by atoms with Gasteiger partial charge in [0.1, 0.15) is 0 Å². The van der Waals surface area contributed by atoms with Gasteiger partial charge in [0.2, 0.25) is 0 Å². The minimum absolute atomic E-state index is 0.681. The zero-order valence-corrected chi connectivity index (χ0v) is 18.6. The number of hydrogen-bond donors (Lipinski definition) is 0. The Labute approximate surface area is 194 Å². The van der Waals surface area contributed by atoms with E-state index in [9.17, 15) is 0 Å². The first-order valence-electron chi connectivity index (χ1n) is 10.9. The van der Waals surface area contributed by atoms with E-state index >= 15 is 0 Å². The summed E-state index contributed by atoms with van der Waals surface area (Å²) in [5.74, 6) is 1.22. The van der Waals surface area contributed by atoms with Crippen LogP contribution in [0.25, 0.3) is 0 Å². The molecule has 1 aliphatic rings. The first-order chi connectivity index (χ1) is 15.9. The van der Waals surface area contributed by atoms with E-state index in [-0.39, 0.29) is 0 Å². The van der Waals surface area contributed by atoms with Crippen LogP contribution in [0, 0.1) is 0 Å². The summed E-state index contributed by atoms with van der Waals surface area (Å²) in [6, 6.07) is 39.9. The Balaban J connectivity index is 1.39. The fraction of sp³-hybridized carbons (Fsp3) is 0.107. The van der Waals surface area contributed by atoms with Crippen LogP contribution in [0.15, 0.2) is 120 Å². The molecule has 0 N–H and O–H groups in total. The van der Waals surface area contributed by atoms with E-state index in [2.05, 4.69) is 107 Å². The summed E-state index contributed by atoms with van der Waals surface area (Å²) < 4.78 is 0. The highest BCUT2D eigenvalue weighted by atomic mass is 32.2. The molecular formula is C28H25N3S. The summed E-state index contributed by atoms with van der Waals surface area (Å²) in [7, 11) is 0. The van der Waals surface area contributed by atoms with Crippen LogP contribution >= 0.6 is 11.8 Å². The van der Waals surface area contributed by atoms with Crippen molar-refractivity contribution in [2.75, 3.05) is 22.2 Å². The Hall–Kier alpha value is -3.50. The minimum atomic E-state index is 0.681. The first-order valence-corrected chi connectivity index (χ1v) is 11.9. The van der Waals surface area contributed by atoms with Gasteiger partial charge in [0.05, 0.1) is 18.4 Å². The summed E-state index contributed by atoms with van der Waals surface area (Å²) >= 11 is 1.99.